The summed E-state index contributed by atoms with van der Waals surface area (Å²) in [6.07, 6.45) is 5.02. The average molecular weight is 346 g/mol. The molecule has 3 aromatic rings. The Balaban J connectivity index is 1.99. The zero-order valence-corrected chi connectivity index (χ0v) is 14.3. The van der Waals surface area contributed by atoms with E-state index in [0.29, 0.717) is 40.8 Å². The maximum absolute atomic E-state index is 9.20. The minimum atomic E-state index is 0.376. The first-order valence-electron chi connectivity index (χ1n) is 8.16. The van der Waals surface area contributed by atoms with Gasteiger partial charge in [-0.25, -0.2) is 15.0 Å². The van der Waals surface area contributed by atoms with Crippen LogP contribution in [0.25, 0.3) is 11.4 Å². The summed E-state index contributed by atoms with van der Waals surface area (Å²) in [5.41, 5.74) is 7.62. The molecule has 0 atom stereocenters. The fourth-order valence-electron chi connectivity index (χ4n) is 2.34. The maximum atomic E-state index is 9.20. The van der Waals surface area contributed by atoms with Crippen molar-refractivity contribution in [1.29, 1.82) is 5.26 Å². The lowest BCUT2D eigenvalue weighted by Gasteiger charge is -2.12. The van der Waals surface area contributed by atoms with Gasteiger partial charge < -0.3 is 15.8 Å². The number of nitrogens with zero attached hydrogens (tertiary/aromatic N) is 4. The van der Waals surface area contributed by atoms with Crippen LogP contribution in [0.3, 0.4) is 0 Å². The van der Waals surface area contributed by atoms with Crippen LogP contribution in [0, 0.1) is 11.3 Å². The maximum Gasteiger partial charge on any atom is 0.162 e. The van der Waals surface area contributed by atoms with E-state index in [-0.39, 0.29) is 0 Å². The molecule has 7 heteroatoms. The summed E-state index contributed by atoms with van der Waals surface area (Å²) in [5, 5.41) is 12.3. The topological polar surface area (TPSA) is 110 Å². The molecule has 3 rings (SSSR count). The number of hydrogen-bond acceptors (Lipinski definition) is 7. The first kappa shape index (κ1) is 17.3. The molecule has 7 nitrogen and oxygen atoms in total. The number of nitriles is 1. The van der Waals surface area contributed by atoms with Crippen molar-refractivity contribution in [3.8, 4) is 29.0 Å². The number of hydrogen-bond donors (Lipinski definition) is 2. The van der Waals surface area contributed by atoms with E-state index in [9.17, 15) is 5.26 Å². The molecular formula is C19H18N6O. The second-order valence-electron chi connectivity index (χ2n) is 5.45. The molecule has 3 N–H and O–H groups in total. The van der Waals surface area contributed by atoms with Crippen molar-refractivity contribution < 1.29 is 4.74 Å². The van der Waals surface area contributed by atoms with E-state index < -0.39 is 0 Å². The number of nitrogens with one attached hydrogen (secondary N) is 1. The van der Waals surface area contributed by atoms with Gasteiger partial charge in [0.25, 0.3) is 0 Å². The molecule has 0 amide bonds. The second kappa shape index (κ2) is 8.05. The fraction of sp³-hybridized carbons (Fsp3) is 0.158. The molecule has 130 valence electrons. The number of anilines is 1. The molecule has 26 heavy (non-hydrogen) atoms. The second-order valence-corrected chi connectivity index (χ2v) is 5.45. The van der Waals surface area contributed by atoms with Crippen molar-refractivity contribution in [3.05, 3.63) is 60.0 Å². The van der Waals surface area contributed by atoms with E-state index >= 15 is 0 Å². The number of pyridine rings is 1. The summed E-state index contributed by atoms with van der Waals surface area (Å²) >= 11 is 0. The normalized spacial score (nSPS) is 10.2. The number of nitrogens with two attached hydrogens (primary N) is 1. The summed E-state index contributed by atoms with van der Waals surface area (Å²) in [5.74, 6) is 2.32. The van der Waals surface area contributed by atoms with Gasteiger partial charge in [0, 0.05) is 43.3 Å². The predicted octanol–water partition coefficient (Wildman–Crippen LogP) is 3.09. The van der Waals surface area contributed by atoms with E-state index in [1.807, 2.05) is 6.92 Å². The van der Waals surface area contributed by atoms with Gasteiger partial charge >= 0.3 is 0 Å². The summed E-state index contributed by atoms with van der Waals surface area (Å²) in [6, 6.07) is 10.8. The molecule has 0 unspecified atom stereocenters. The summed E-state index contributed by atoms with van der Waals surface area (Å²) in [4.78, 5) is 12.9. The van der Waals surface area contributed by atoms with E-state index in [0.717, 1.165) is 12.1 Å². The van der Waals surface area contributed by atoms with Crippen LogP contribution in [0.2, 0.25) is 0 Å². The molecule has 0 aliphatic rings. The molecule has 0 aliphatic heterocycles. The van der Waals surface area contributed by atoms with Crippen molar-refractivity contribution in [3.63, 3.8) is 0 Å². The van der Waals surface area contributed by atoms with Crippen LogP contribution < -0.4 is 15.8 Å². The molecule has 0 saturated heterocycles. The molecule has 0 spiro atoms. The standard InChI is InChI=1S/C19H18N6O/c1-2-22-18-8-15(5-6-23-18)26-17-7-13(9-20)3-4-16(17)19-24-11-14(10-21)12-25-19/h3-8,11-12H,2,10,21H2,1H3,(H,22,23). The molecule has 0 radical (unpaired) electrons. The highest BCUT2D eigenvalue weighted by Crippen LogP contribution is 2.33. The van der Waals surface area contributed by atoms with Gasteiger partial charge in [0.1, 0.15) is 17.3 Å². The minimum Gasteiger partial charge on any atom is -0.456 e. The number of rotatable bonds is 6. The predicted molar refractivity (Wildman–Crippen MR) is 98.5 cm³/mol. The van der Waals surface area contributed by atoms with Crippen molar-refractivity contribution in [1.82, 2.24) is 15.0 Å². The van der Waals surface area contributed by atoms with Crippen LogP contribution in [0.5, 0.6) is 11.5 Å². The zero-order valence-electron chi connectivity index (χ0n) is 14.3. The Morgan fingerprint density at radius 3 is 2.65 bits per heavy atom. The van der Waals surface area contributed by atoms with Gasteiger partial charge in [0.15, 0.2) is 5.82 Å². The van der Waals surface area contributed by atoms with Crippen molar-refractivity contribution in [2.24, 2.45) is 5.73 Å². The summed E-state index contributed by atoms with van der Waals surface area (Å²) in [7, 11) is 0. The number of benzene rings is 1. The Bertz CT molecular complexity index is 934. The van der Waals surface area contributed by atoms with Gasteiger partial charge in [-0.2, -0.15) is 5.26 Å². The highest BCUT2D eigenvalue weighted by Gasteiger charge is 2.12. The third kappa shape index (κ3) is 3.94. The van der Waals surface area contributed by atoms with Gasteiger partial charge in [-0.05, 0) is 31.2 Å². The number of aromatic nitrogens is 3. The lowest BCUT2D eigenvalue weighted by atomic mass is 10.1. The fourth-order valence-corrected chi connectivity index (χ4v) is 2.34. The lowest BCUT2D eigenvalue weighted by molar-refractivity contribution is 0.483. The van der Waals surface area contributed by atoms with E-state index in [1.54, 1.807) is 48.9 Å². The van der Waals surface area contributed by atoms with Gasteiger partial charge in [0.2, 0.25) is 0 Å². The molecule has 2 aromatic heterocycles. The van der Waals surface area contributed by atoms with Crippen molar-refractivity contribution in [2.45, 2.75) is 13.5 Å². The zero-order chi connectivity index (χ0) is 18.4. The minimum absolute atomic E-state index is 0.376. The van der Waals surface area contributed by atoms with Crippen LogP contribution >= 0.6 is 0 Å². The molecule has 0 saturated carbocycles. The van der Waals surface area contributed by atoms with Crippen LogP contribution in [-0.4, -0.2) is 21.5 Å². The van der Waals surface area contributed by atoms with Gasteiger partial charge in [0.05, 0.1) is 17.2 Å². The molecule has 2 heterocycles. The molecule has 0 aliphatic carbocycles. The Morgan fingerprint density at radius 2 is 1.96 bits per heavy atom. The van der Waals surface area contributed by atoms with Crippen LogP contribution in [0.15, 0.2) is 48.9 Å². The average Bonchev–Trinajstić information content (AvgIpc) is 2.68. The summed E-state index contributed by atoms with van der Waals surface area (Å²) in [6.45, 7) is 3.13. The Morgan fingerprint density at radius 1 is 1.15 bits per heavy atom. The molecular weight excluding hydrogens is 328 g/mol. The van der Waals surface area contributed by atoms with E-state index in [1.165, 1.54) is 0 Å². The first-order chi connectivity index (χ1) is 12.7. The largest absolute Gasteiger partial charge is 0.456 e. The van der Waals surface area contributed by atoms with Crippen LogP contribution in [-0.2, 0) is 6.54 Å². The molecule has 0 fully saturated rings. The van der Waals surface area contributed by atoms with Gasteiger partial charge in [-0.1, -0.05) is 0 Å². The quantitative estimate of drug-likeness (QED) is 0.705. The first-order valence-corrected chi connectivity index (χ1v) is 8.16. The van der Waals surface area contributed by atoms with E-state index in [4.69, 9.17) is 10.5 Å². The SMILES string of the molecule is CCNc1cc(Oc2cc(C#N)ccc2-c2ncc(CN)cn2)ccn1. The third-order valence-electron chi connectivity index (χ3n) is 3.61. The monoisotopic (exact) mass is 346 g/mol. The highest BCUT2D eigenvalue weighted by atomic mass is 16.5. The van der Waals surface area contributed by atoms with Crippen molar-refractivity contribution in [2.75, 3.05) is 11.9 Å². The molecule has 0 bridgehead atoms. The summed E-state index contributed by atoms with van der Waals surface area (Å²) < 4.78 is 6.01. The number of ether oxygens (including phenoxy) is 1. The lowest BCUT2D eigenvalue weighted by Crippen LogP contribution is -2.00. The van der Waals surface area contributed by atoms with Crippen LogP contribution in [0.4, 0.5) is 5.82 Å². The van der Waals surface area contributed by atoms with E-state index in [2.05, 4.69) is 26.3 Å². The Hall–Kier alpha value is -3.50. The van der Waals surface area contributed by atoms with Gasteiger partial charge in [-0.15, -0.1) is 0 Å². The highest BCUT2D eigenvalue weighted by molar-refractivity contribution is 5.66. The Kier molecular flexibility index (Phi) is 5.37. The van der Waals surface area contributed by atoms with Crippen molar-refractivity contribution >= 4 is 5.82 Å². The Labute approximate surface area is 151 Å². The third-order valence-corrected chi connectivity index (χ3v) is 3.61. The van der Waals surface area contributed by atoms with Crippen LogP contribution in [0.1, 0.15) is 18.1 Å². The smallest absolute Gasteiger partial charge is 0.162 e. The van der Waals surface area contributed by atoms with Gasteiger partial charge in [-0.3, -0.25) is 0 Å². The molecule has 1 aromatic carbocycles.